The molecule has 1 saturated heterocycles. The fourth-order valence-corrected chi connectivity index (χ4v) is 4.21. The first-order valence-electron chi connectivity index (χ1n) is 7.22. The number of anilines is 1. The molecule has 1 atom stereocenters. The van der Waals surface area contributed by atoms with Crippen molar-refractivity contribution in [2.24, 2.45) is 0 Å². The van der Waals surface area contributed by atoms with E-state index in [-0.39, 0.29) is 14.8 Å². The Bertz CT molecular complexity index is 892. The predicted molar refractivity (Wildman–Crippen MR) is 95.7 cm³/mol. The molecule has 1 fully saturated rings. The number of rotatable bonds is 2. The number of imide groups is 1. The molecule has 0 aliphatic carbocycles. The van der Waals surface area contributed by atoms with Crippen molar-refractivity contribution in [3.8, 4) is 0 Å². The van der Waals surface area contributed by atoms with E-state index in [0.717, 1.165) is 21.6 Å². The second kappa shape index (κ2) is 6.08. The number of carboxylic acid groups (broad SMARTS) is 1. The van der Waals surface area contributed by atoms with Crippen molar-refractivity contribution in [1.29, 1.82) is 0 Å². The van der Waals surface area contributed by atoms with Gasteiger partial charge in [0.25, 0.3) is 11.8 Å². The van der Waals surface area contributed by atoms with Crippen molar-refractivity contribution >= 4 is 63.3 Å². The molecule has 0 radical (unpaired) electrons. The Balaban J connectivity index is 2.17. The molecule has 2 aliphatic heterocycles. The number of carboxylic acids is 1. The van der Waals surface area contributed by atoms with E-state index in [0.29, 0.717) is 11.3 Å². The number of para-hydroxylation sites is 1. The fourth-order valence-electron chi connectivity index (χ4n) is 2.72. The van der Waals surface area contributed by atoms with E-state index in [4.69, 9.17) is 17.3 Å². The highest BCUT2D eigenvalue weighted by molar-refractivity contribution is 8.26. The summed E-state index contributed by atoms with van der Waals surface area (Å²) in [5.41, 5.74) is 0.918. The van der Waals surface area contributed by atoms with Crippen LogP contribution >= 0.6 is 24.0 Å². The van der Waals surface area contributed by atoms with Gasteiger partial charge in [-0.1, -0.05) is 42.2 Å². The van der Waals surface area contributed by atoms with E-state index >= 15 is 0 Å². The number of thioether (sulfide) groups is 1. The molecule has 1 aromatic rings. The number of carbonyl (C=O) groups is 4. The van der Waals surface area contributed by atoms with E-state index < -0.39 is 29.7 Å². The number of aliphatic carboxylic acids is 1. The third-order valence-corrected chi connectivity index (χ3v) is 5.32. The molecule has 1 unspecified atom stereocenters. The summed E-state index contributed by atoms with van der Waals surface area (Å²) in [6.07, 6.45) is 0. The van der Waals surface area contributed by atoms with Gasteiger partial charge in [-0.15, -0.1) is 0 Å². The Morgan fingerprint density at radius 2 is 1.84 bits per heavy atom. The van der Waals surface area contributed by atoms with Gasteiger partial charge in [-0.3, -0.25) is 19.3 Å². The third kappa shape index (κ3) is 2.56. The maximum atomic E-state index is 12.8. The maximum absolute atomic E-state index is 12.8. The molecule has 2 aliphatic rings. The van der Waals surface area contributed by atoms with Gasteiger partial charge in [0.1, 0.15) is 10.4 Å². The Morgan fingerprint density at radius 3 is 2.44 bits per heavy atom. The van der Waals surface area contributed by atoms with Gasteiger partial charge in [0.15, 0.2) is 0 Å². The standard InChI is InChI=1S/C16H12N2O5S2/c1-7(15(22)23)17-14(21)12(25-16(17)24)11-9-5-3-4-6-10(9)18(8(2)19)13(11)20/h3-7H,1-2H3,(H,22,23). The SMILES string of the molecule is CC(=O)N1C(=O)C(=C2SC(=S)N(C(C)C(=O)O)C2=O)c2ccccc21. The van der Waals surface area contributed by atoms with Crippen LogP contribution in [0.1, 0.15) is 19.4 Å². The zero-order chi connectivity index (χ0) is 18.5. The number of fused-ring (bicyclic) bond motifs is 1. The third-order valence-electron chi connectivity index (χ3n) is 3.92. The van der Waals surface area contributed by atoms with Crippen molar-refractivity contribution in [3.63, 3.8) is 0 Å². The van der Waals surface area contributed by atoms with Crippen molar-refractivity contribution in [2.75, 3.05) is 4.90 Å². The normalized spacial score (nSPS) is 21.0. The average Bonchev–Trinajstić information content (AvgIpc) is 2.99. The number of thiocarbonyl (C=S) groups is 1. The average molecular weight is 376 g/mol. The summed E-state index contributed by atoms with van der Waals surface area (Å²) in [5, 5.41) is 9.16. The monoisotopic (exact) mass is 376 g/mol. The van der Waals surface area contributed by atoms with Crippen LogP contribution in [0.4, 0.5) is 5.69 Å². The molecule has 0 aromatic heterocycles. The van der Waals surface area contributed by atoms with E-state index in [9.17, 15) is 19.2 Å². The van der Waals surface area contributed by atoms with Crippen LogP contribution in [-0.2, 0) is 19.2 Å². The topological polar surface area (TPSA) is 95.0 Å². The largest absolute Gasteiger partial charge is 0.480 e. The van der Waals surface area contributed by atoms with E-state index in [1.165, 1.54) is 13.8 Å². The van der Waals surface area contributed by atoms with Gasteiger partial charge in [0, 0.05) is 12.5 Å². The van der Waals surface area contributed by atoms with E-state index in [1.807, 2.05) is 0 Å². The summed E-state index contributed by atoms with van der Waals surface area (Å²) >= 11 is 5.99. The second-order valence-electron chi connectivity index (χ2n) is 5.44. The quantitative estimate of drug-likeness (QED) is 0.619. The Hall–Kier alpha value is -2.52. The molecule has 0 saturated carbocycles. The summed E-state index contributed by atoms with van der Waals surface area (Å²) in [6, 6.07) is 5.47. The highest BCUT2D eigenvalue weighted by Crippen LogP contribution is 2.44. The lowest BCUT2D eigenvalue weighted by Crippen LogP contribution is -2.41. The summed E-state index contributed by atoms with van der Waals surface area (Å²) in [5.74, 6) is -2.93. The summed E-state index contributed by atoms with van der Waals surface area (Å²) in [4.78, 5) is 50.6. The molecule has 9 heteroatoms. The van der Waals surface area contributed by atoms with Gasteiger partial charge in [0.2, 0.25) is 5.91 Å². The number of benzene rings is 1. The molecule has 25 heavy (non-hydrogen) atoms. The lowest BCUT2D eigenvalue weighted by Gasteiger charge is -2.18. The van der Waals surface area contributed by atoms with Gasteiger partial charge >= 0.3 is 5.97 Å². The number of hydrogen-bond acceptors (Lipinski definition) is 6. The molecule has 1 aromatic carbocycles. The smallest absolute Gasteiger partial charge is 0.326 e. The molecule has 1 N–H and O–H groups in total. The molecular weight excluding hydrogens is 364 g/mol. The summed E-state index contributed by atoms with van der Waals surface area (Å²) in [6.45, 7) is 2.60. The molecule has 3 rings (SSSR count). The van der Waals surface area contributed by atoms with Crippen molar-refractivity contribution in [2.45, 2.75) is 19.9 Å². The minimum absolute atomic E-state index is 0.0410. The number of hydrogen-bond donors (Lipinski definition) is 1. The molecule has 0 spiro atoms. The van der Waals surface area contributed by atoms with Gasteiger partial charge in [-0.2, -0.15) is 0 Å². The predicted octanol–water partition coefficient (Wildman–Crippen LogP) is 1.62. The number of amides is 3. The van der Waals surface area contributed by atoms with Gasteiger partial charge in [-0.25, -0.2) is 9.69 Å². The minimum atomic E-state index is -1.20. The summed E-state index contributed by atoms with van der Waals surface area (Å²) < 4.78 is 0.0638. The summed E-state index contributed by atoms with van der Waals surface area (Å²) in [7, 11) is 0. The lowest BCUT2D eigenvalue weighted by atomic mass is 10.1. The lowest BCUT2D eigenvalue weighted by molar-refractivity contribution is -0.144. The first kappa shape index (κ1) is 17.3. The zero-order valence-electron chi connectivity index (χ0n) is 13.2. The van der Waals surface area contributed by atoms with Crippen molar-refractivity contribution in [1.82, 2.24) is 4.90 Å². The molecule has 7 nitrogen and oxygen atoms in total. The van der Waals surface area contributed by atoms with Gasteiger partial charge in [-0.05, 0) is 13.0 Å². The highest BCUT2D eigenvalue weighted by atomic mass is 32.2. The highest BCUT2D eigenvalue weighted by Gasteiger charge is 2.45. The fraction of sp³-hybridized carbons (Fsp3) is 0.188. The first-order valence-corrected chi connectivity index (χ1v) is 8.45. The van der Waals surface area contributed by atoms with E-state index in [2.05, 4.69) is 0 Å². The van der Waals surface area contributed by atoms with Crippen LogP contribution in [-0.4, -0.2) is 44.1 Å². The van der Waals surface area contributed by atoms with Crippen molar-refractivity contribution in [3.05, 3.63) is 34.7 Å². The van der Waals surface area contributed by atoms with Crippen LogP contribution in [0.15, 0.2) is 29.2 Å². The number of nitrogens with zero attached hydrogens (tertiary/aromatic N) is 2. The van der Waals surface area contributed by atoms with Gasteiger partial charge in [0.05, 0.1) is 16.2 Å². The first-order chi connectivity index (χ1) is 11.8. The van der Waals surface area contributed by atoms with Crippen LogP contribution in [0.3, 0.4) is 0 Å². The zero-order valence-corrected chi connectivity index (χ0v) is 14.8. The van der Waals surface area contributed by atoms with Crippen LogP contribution in [0.5, 0.6) is 0 Å². The van der Waals surface area contributed by atoms with Crippen LogP contribution in [0.2, 0.25) is 0 Å². The second-order valence-corrected chi connectivity index (χ2v) is 7.08. The van der Waals surface area contributed by atoms with Crippen LogP contribution in [0, 0.1) is 0 Å². The molecule has 128 valence electrons. The Morgan fingerprint density at radius 1 is 1.20 bits per heavy atom. The van der Waals surface area contributed by atoms with Crippen molar-refractivity contribution < 1.29 is 24.3 Å². The molecule has 3 amide bonds. The maximum Gasteiger partial charge on any atom is 0.326 e. The van der Waals surface area contributed by atoms with E-state index in [1.54, 1.807) is 24.3 Å². The van der Waals surface area contributed by atoms with Crippen LogP contribution in [0.25, 0.3) is 5.57 Å². The molecule has 2 heterocycles. The number of carbonyl (C=O) groups excluding carboxylic acids is 3. The minimum Gasteiger partial charge on any atom is -0.480 e. The van der Waals surface area contributed by atoms with Gasteiger partial charge < -0.3 is 5.11 Å². The van der Waals surface area contributed by atoms with Crippen LogP contribution < -0.4 is 4.90 Å². The molecule has 0 bridgehead atoms. The Labute approximate surface area is 152 Å². The molecular formula is C16H12N2O5S2. The Kier molecular flexibility index (Phi) is 4.21.